The van der Waals surface area contributed by atoms with Crippen LogP contribution in [0.2, 0.25) is 10.0 Å². The fraction of sp³-hybridized carbons (Fsp3) is 0. The zero-order valence-electron chi connectivity index (χ0n) is 12.6. The van der Waals surface area contributed by atoms with Crippen LogP contribution < -0.4 is 0 Å². The third-order valence-corrected chi connectivity index (χ3v) is 4.28. The zero-order valence-corrected chi connectivity index (χ0v) is 14.1. The lowest BCUT2D eigenvalue weighted by Gasteiger charge is -2.11. The lowest BCUT2D eigenvalue weighted by Crippen LogP contribution is -1.95. The van der Waals surface area contributed by atoms with Gasteiger partial charge in [0.15, 0.2) is 0 Å². The summed E-state index contributed by atoms with van der Waals surface area (Å²) in [5.41, 5.74) is 5.22. The molecular formula is C20H12Cl2N2. The van der Waals surface area contributed by atoms with E-state index in [-0.39, 0.29) is 0 Å². The van der Waals surface area contributed by atoms with Gasteiger partial charge < -0.3 is 0 Å². The molecule has 4 rings (SSSR count). The van der Waals surface area contributed by atoms with E-state index in [1.54, 1.807) is 0 Å². The third-order valence-electron chi connectivity index (χ3n) is 3.79. The number of nitrogens with zero attached hydrogens (tertiary/aromatic N) is 2. The van der Waals surface area contributed by atoms with E-state index in [9.17, 15) is 0 Å². The van der Waals surface area contributed by atoms with Gasteiger partial charge in [0.25, 0.3) is 0 Å². The summed E-state index contributed by atoms with van der Waals surface area (Å²) in [6.07, 6.45) is 0. The first kappa shape index (κ1) is 15.1. The molecule has 1 aromatic heterocycles. The van der Waals surface area contributed by atoms with Crippen LogP contribution in [0.15, 0.2) is 72.8 Å². The Bertz CT molecular complexity index is 1010. The van der Waals surface area contributed by atoms with Gasteiger partial charge in [-0.15, -0.1) is 0 Å². The molecule has 0 N–H and O–H groups in total. The molecule has 0 spiro atoms. The molecule has 0 saturated heterocycles. The summed E-state index contributed by atoms with van der Waals surface area (Å²) in [6.45, 7) is 0. The smallest absolute Gasteiger partial charge is 0.0973 e. The summed E-state index contributed by atoms with van der Waals surface area (Å²) >= 11 is 12.1. The first-order valence-electron chi connectivity index (χ1n) is 7.49. The van der Waals surface area contributed by atoms with Gasteiger partial charge in [0.05, 0.1) is 22.4 Å². The van der Waals surface area contributed by atoms with Gasteiger partial charge in [-0.2, -0.15) is 0 Å². The van der Waals surface area contributed by atoms with Crippen LogP contribution in [-0.4, -0.2) is 9.97 Å². The maximum absolute atomic E-state index is 6.11. The van der Waals surface area contributed by atoms with Gasteiger partial charge in [-0.05, 0) is 30.3 Å². The van der Waals surface area contributed by atoms with E-state index in [1.165, 1.54) is 0 Å². The molecule has 4 heteroatoms. The Kier molecular flexibility index (Phi) is 3.93. The van der Waals surface area contributed by atoms with Crippen molar-refractivity contribution < 1.29 is 0 Å². The van der Waals surface area contributed by atoms with Crippen LogP contribution in [0.1, 0.15) is 0 Å². The molecule has 0 unspecified atom stereocenters. The summed E-state index contributed by atoms with van der Waals surface area (Å²) in [6, 6.07) is 23.2. The van der Waals surface area contributed by atoms with Crippen molar-refractivity contribution >= 4 is 34.2 Å². The van der Waals surface area contributed by atoms with E-state index in [1.807, 2.05) is 72.8 Å². The van der Waals surface area contributed by atoms with Gasteiger partial charge in [-0.1, -0.05) is 65.7 Å². The highest BCUT2D eigenvalue weighted by atomic mass is 35.5. The van der Waals surface area contributed by atoms with Crippen molar-refractivity contribution in [1.29, 1.82) is 0 Å². The lowest BCUT2D eigenvalue weighted by molar-refractivity contribution is 1.29. The van der Waals surface area contributed by atoms with Crippen LogP contribution in [0.25, 0.3) is 33.5 Å². The van der Waals surface area contributed by atoms with E-state index in [4.69, 9.17) is 33.2 Å². The summed E-state index contributed by atoms with van der Waals surface area (Å²) < 4.78 is 0. The van der Waals surface area contributed by atoms with Crippen molar-refractivity contribution in [2.45, 2.75) is 0 Å². The molecule has 4 aromatic rings. The second-order valence-electron chi connectivity index (χ2n) is 5.43. The molecule has 24 heavy (non-hydrogen) atoms. The van der Waals surface area contributed by atoms with Crippen LogP contribution in [0.5, 0.6) is 0 Å². The highest BCUT2D eigenvalue weighted by Crippen LogP contribution is 2.32. The quantitative estimate of drug-likeness (QED) is 0.425. The molecule has 0 aliphatic heterocycles. The van der Waals surface area contributed by atoms with Crippen LogP contribution in [0.4, 0.5) is 0 Å². The average Bonchev–Trinajstić information content (AvgIpc) is 2.62. The second-order valence-corrected chi connectivity index (χ2v) is 6.30. The largest absolute Gasteiger partial charge is 0.244 e. The van der Waals surface area contributed by atoms with Gasteiger partial charge in [-0.3, -0.25) is 0 Å². The number of hydrogen-bond donors (Lipinski definition) is 0. The van der Waals surface area contributed by atoms with Crippen LogP contribution in [-0.2, 0) is 0 Å². The molecule has 0 aliphatic carbocycles. The van der Waals surface area contributed by atoms with Gasteiger partial charge in [-0.25, -0.2) is 9.97 Å². The Morgan fingerprint density at radius 2 is 1.12 bits per heavy atom. The Morgan fingerprint density at radius 3 is 1.83 bits per heavy atom. The van der Waals surface area contributed by atoms with E-state index < -0.39 is 0 Å². The molecule has 0 aliphatic rings. The molecule has 3 aromatic carbocycles. The number of halogens is 2. The zero-order chi connectivity index (χ0) is 16.5. The molecular weight excluding hydrogens is 339 g/mol. The minimum Gasteiger partial charge on any atom is -0.244 e. The summed E-state index contributed by atoms with van der Waals surface area (Å²) in [7, 11) is 0. The van der Waals surface area contributed by atoms with Crippen molar-refractivity contribution in [2.24, 2.45) is 0 Å². The lowest BCUT2D eigenvalue weighted by atomic mass is 10.0. The molecule has 116 valence electrons. The van der Waals surface area contributed by atoms with E-state index in [0.29, 0.717) is 10.0 Å². The number of rotatable bonds is 2. The average molecular weight is 351 g/mol. The fourth-order valence-corrected chi connectivity index (χ4v) is 2.93. The Labute approximate surface area is 149 Å². The maximum Gasteiger partial charge on any atom is 0.0973 e. The molecule has 0 amide bonds. The fourth-order valence-electron chi connectivity index (χ4n) is 2.63. The number of hydrogen-bond acceptors (Lipinski definition) is 2. The SMILES string of the molecule is Clc1ccc(-c2nc3ccc(Cl)cc3nc2-c2ccccc2)cc1. The predicted molar refractivity (Wildman–Crippen MR) is 100 cm³/mol. The highest BCUT2D eigenvalue weighted by Gasteiger charge is 2.13. The maximum atomic E-state index is 6.11. The normalized spacial score (nSPS) is 10.9. The Hall–Kier alpha value is -2.42. The van der Waals surface area contributed by atoms with E-state index >= 15 is 0 Å². The van der Waals surface area contributed by atoms with Crippen molar-refractivity contribution in [3.63, 3.8) is 0 Å². The molecule has 0 fully saturated rings. The van der Waals surface area contributed by atoms with Gasteiger partial charge in [0.2, 0.25) is 0 Å². The highest BCUT2D eigenvalue weighted by molar-refractivity contribution is 6.31. The van der Waals surface area contributed by atoms with Crippen molar-refractivity contribution in [1.82, 2.24) is 9.97 Å². The van der Waals surface area contributed by atoms with Crippen LogP contribution in [0, 0.1) is 0 Å². The molecule has 0 atom stereocenters. The van der Waals surface area contributed by atoms with Crippen molar-refractivity contribution in [2.75, 3.05) is 0 Å². The summed E-state index contributed by atoms with van der Waals surface area (Å²) in [5.74, 6) is 0. The minimum absolute atomic E-state index is 0.648. The summed E-state index contributed by atoms with van der Waals surface area (Å²) in [5, 5.41) is 1.34. The van der Waals surface area contributed by atoms with Gasteiger partial charge in [0.1, 0.15) is 0 Å². The minimum atomic E-state index is 0.648. The van der Waals surface area contributed by atoms with E-state index in [0.717, 1.165) is 33.5 Å². The summed E-state index contributed by atoms with van der Waals surface area (Å²) in [4.78, 5) is 9.65. The van der Waals surface area contributed by atoms with Crippen molar-refractivity contribution in [3.05, 3.63) is 82.8 Å². The topological polar surface area (TPSA) is 25.8 Å². The molecule has 0 radical (unpaired) electrons. The molecule has 2 nitrogen and oxygen atoms in total. The Morgan fingerprint density at radius 1 is 0.542 bits per heavy atom. The third kappa shape index (κ3) is 2.86. The Balaban J connectivity index is 2.02. The molecule has 0 bridgehead atoms. The number of fused-ring (bicyclic) bond motifs is 1. The van der Waals surface area contributed by atoms with Crippen LogP contribution >= 0.6 is 23.2 Å². The standard InChI is InChI=1S/C20H12Cl2N2/c21-15-8-6-14(7-9-15)20-19(13-4-2-1-3-5-13)24-18-12-16(22)10-11-17(18)23-20/h1-12H. The van der Waals surface area contributed by atoms with Gasteiger partial charge >= 0.3 is 0 Å². The second kappa shape index (κ2) is 6.23. The van der Waals surface area contributed by atoms with Crippen LogP contribution in [0.3, 0.4) is 0 Å². The van der Waals surface area contributed by atoms with Crippen molar-refractivity contribution in [3.8, 4) is 22.5 Å². The molecule has 1 heterocycles. The predicted octanol–water partition coefficient (Wildman–Crippen LogP) is 6.27. The monoisotopic (exact) mass is 350 g/mol. The van der Waals surface area contributed by atoms with Gasteiger partial charge in [0, 0.05) is 21.2 Å². The number of aromatic nitrogens is 2. The number of benzene rings is 3. The first-order valence-corrected chi connectivity index (χ1v) is 8.25. The van der Waals surface area contributed by atoms with E-state index in [2.05, 4.69) is 0 Å². The first-order chi connectivity index (χ1) is 11.7. The molecule has 0 saturated carbocycles.